The van der Waals surface area contributed by atoms with Gasteiger partial charge in [0.05, 0.1) is 0 Å². The summed E-state index contributed by atoms with van der Waals surface area (Å²) in [6.07, 6.45) is -6.93. The molecular weight excluding hydrogens is 303 g/mol. The first-order chi connectivity index (χ1) is 4.80. The topological polar surface area (TPSA) is 0 Å². The second kappa shape index (κ2) is 4.02. The lowest BCUT2D eigenvalue weighted by Crippen LogP contribution is -2.40. The van der Waals surface area contributed by atoms with Crippen molar-refractivity contribution in [3.8, 4) is 0 Å². The molecule has 1 unspecified atom stereocenters. The second-order valence-corrected chi connectivity index (χ2v) is 4.91. The van der Waals surface area contributed by atoms with Gasteiger partial charge in [-0.1, -0.05) is 31.9 Å². The van der Waals surface area contributed by atoms with Crippen LogP contribution in [-0.2, 0) is 0 Å². The summed E-state index contributed by atoms with van der Waals surface area (Å²) in [5, 5.41) is 0. The molecule has 0 heterocycles. The number of rotatable bonds is 3. The summed E-state index contributed by atoms with van der Waals surface area (Å²) in [4.78, 5) is 0. The molecule has 0 aromatic heterocycles. The molecule has 1 atom stereocenters. The highest BCUT2D eigenvalue weighted by atomic mass is 79.9. The van der Waals surface area contributed by atoms with Crippen LogP contribution < -0.4 is 0 Å². The van der Waals surface area contributed by atoms with E-state index in [1.54, 1.807) is 0 Å². The third kappa shape index (κ3) is 2.85. The molecule has 7 heteroatoms. The molecule has 0 bridgehead atoms. The van der Waals surface area contributed by atoms with E-state index in [2.05, 4.69) is 31.9 Å². The standard InChI is InChI=1S/C4H3Br2F5/c5-2(6)1(7)4(10,11)3(8)9/h1-3H. The van der Waals surface area contributed by atoms with Gasteiger partial charge in [0.2, 0.25) is 0 Å². The molecule has 0 aromatic carbocycles. The van der Waals surface area contributed by atoms with Crippen LogP contribution in [0.3, 0.4) is 0 Å². The predicted octanol–water partition coefficient (Wildman–Crippen LogP) is 3.34. The lowest BCUT2D eigenvalue weighted by atomic mass is 10.2. The van der Waals surface area contributed by atoms with Crippen molar-refractivity contribution in [3.63, 3.8) is 0 Å². The van der Waals surface area contributed by atoms with Gasteiger partial charge >= 0.3 is 12.3 Å². The highest BCUT2D eigenvalue weighted by Crippen LogP contribution is 2.35. The van der Waals surface area contributed by atoms with Crippen LogP contribution in [0.25, 0.3) is 0 Å². The van der Waals surface area contributed by atoms with Crippen LogP contribution in [0.15, 0.2) is 0 Å². The minimum absolute atomic E-state index is 1.47. The molecule has 68 valence electrons. The van der Waals surface area contributed by atoms with Crippen LogP contribution >= 0.6 is 31.9 Å². The molecule has 0 fully saturated rings. The van der Waals surface area contributed by atoms with E-state index in [9.17, 15) is 22.0 Å². The molecule has 0 nitrogen and oxygen atoms in total. The quantitative estimate of drug-likeness (QED) is 0.554. The molecule has 0 spiro atoms. The third-order valence-corrected chi connectivity index (χ3v) is 1.81. The summed E-state index contributed by atoms with van der Waals surface area (Å²) in [6, 6.07) is 0. The van der Waals surface area contributed by atoms with Crippen LogP contribution in [-0.4, -0.2) is 22.3 Å². The Bertz CT molecular complexity index is 126. The van der Waals surface area contributed by atoms with Crippen molar-refractivity contribution in [2.24, 2.45) is 0 Å². The Hall–Kier alpha value is 0.610. The summed E-state index contributed by atoms with van der Waals surface area (Å²) in [7, 11) is 0. The zero-order valence-electron chi connectivity index (χ0n) is 4.88. The maximum atomic E-state index is 12.2. The van der Waals surface area contributed by atoms with Crippen molar-refractivity contribution in [1.82, 2.24) is 0 Å². The van der Waals surface area contributed by atoms with Crippen molar-refractivity contribution in [1.29, 1.82) is 0 Å². The lowest BCUT2D eigenvalue weighted by Gasteiger charge is -2.20. The van der Waals surface area contributed by atoms with Crippen molar-refractivity contribution >= 4 is 31.9 Å². The third-order valence-electron chi connectivity index (χ3n) is 0.880. The molecule has 11 heavy (non-hydrogen) atoms. The van der Waals surface area contributed by atoms with Gasteiger partial charge in [-0.2, -0.15) is 8.78 Å². The minimum atomic E-state index is -4.61. The fourth-order valence-electron chi connectivity index (χ4n) is 0.288. The first-order valence-electron chi connectivity index (χ1n) is 2.38. The van der Waals surface area contributed by atoms with Crippen LogP contribution in [0.4, 0.5) is 22.0 Å². The van der Waals surface area contributed by atoms with Gasteiger partial charge in [0.25, 0.3) is 0 Å². The van der Waals surface area contributed by atoms with E-state index in [0.717, 1.165) is 0 Å². The normalized spacial score (nSPS) is 16.1. The van der Waals surface area contributed by atoms with E-state index in [0.29, 0.717) is 0 Å². The van der Waals surface area contributed by atoms with Gasteiger partial charge in [-0.05, 0) is 0 Å². The van der Waals surface area contributed by atoms with Crippen molar-refractivity contribution < 1.29 is 22.0 Å². The molecule has 0 radical (unpaired) electrons. The Labute approximate surface area is 76.4 Å². The molecule has 0 amide bonds. The van der Waals surface area contributed by atoms with Crippen LogP contribution in [0.1, 0.15) is 0 Å². The Balaban J connectivity index is 4.29. The van der Waals surface area contributed by atoms with Crippen molar-refractivity contribution in [3.05, 3.63) is 0 Å². The Morgan fingerprint density at radius 2 is 1.36 bits per heavy atom. The van der Waals surface area contributed by atoms with Gasteiger partial charge in [0, 0.05) is 0 Å². The number of hydrogen-bond acceptors (Lipinski definition) is 0. The average Bonchev–Trinajstić information content (AvgIpc) is 1.85. The van der Waals surface area contributed by atoms with Gasteiger partial charge in [0.15, 0.2) is 6.17 Å². The molecule has 0 aliphatic carbocycles. The van der Waals surface area contributed by atoms with E-state index in [-0.39, 0.29) is 0 Å². The highest BCUT2D eigenvalue weighted by Gasteiger charge is 2.51. The summed E-state index contributed by atoms with van der Waals surface area (Å²) in [6.45, 7) is 0. The molecule has 0 saturated heterocycles. The van der Waals surface area contributed by atoms with Crippen molar-refractivity contribution in [2.45, 2.75) is 22.3 Å². The largest absolute Gasteiger partial charge is 0.339 e. The average molecular weight is 306 g/mol. The zero-order valence-corrected chi connectivity index (χ0v) is 8.05. The minimum Gasteiger partial charge on any atom is -0.238 e. The summed E-state index contributed by atoms with van der Waals surface area (Å²) in [5.41, 5.74) is 0. The fourth-order valence-corrected chi connectivity index (χ4v) is 0.993. The van der Waals surface area contributed by atoms with E-state index < -0.39 is 22.3 Å². The van der Waals surface area contributed by atoms with Gasteiger partial charge < -0.3 is 0 Å². The Kier molecular flexibility index (Phi) is 4.24. The number of halogens is 7. The SMILES string of the molecule is FC(F)C(F)(F)C(F)C(Br)Br. The van der Waals surface area contributed by atoms with E-state index in [1.807, 2.05) is 0 Å². The second-order valence-electron chi connectivity index (χ2n) is 1.71. The van der Waals surface area contributed by atoms with E-state index in [1.165, 1.54) is 0 Å². The smallest absolute Gasteiger partial charge is 0.238 e. The molecule has 0 saturated carbocycles. The number of alkyl halides is 7. The van der Waals surface area contributed by atoms with E-state index >= 15 is 0 Å². The van der Waals surface area contributed by atoms with Crippen molar-refractivity contribution in [2.75, 3.05) is 0 Å². The first kappa shape index (κ1) is 11.6. The van der Waals surface area contributed by atoms with Gasteiger partial charge in [-0.15, -0.1) is 0 Å². The molecule has 0 rings (SSSR count). The molecule has 0 aliphatic heterocycles. The Morgan fingerprint density at radius 1 is 1.00 bits per heavy atom. The monoisotopic (exact) mass is 304 g/mol. The Morgan fingerprint density at radius 3 is 1.45 bits per heavy atom. The molecule has 0 aromatic rings. The van der Waals surface area contributed by atoms with Crippen LogP contribution in [0, 0.1) is 0 Å². The molecular formula is C4H3Br2F5. The van der Waals surface area contributed by atoms with E-state index in [4.69, 9.17) is 0 Å². The van der Waals surface area contributed by atoms with Gasteiger partial charge in [-0.25, -0.2) is 13.2 Å². The lowest BCUT2D eigenvalue weighted by molar-refractivity contribution is -0.165. The van der Waals surface area contributed by atoms with Gasteiger partial charge in [-0.3, -0.25) is 0 Å². The molecule has 0 aliphatic rings. The highest BCUT2D eigenvalue weighted by molar-refractivity contribution is 9.24. The summed E-state index contributed by atoms with van der Waals surface area (Å²) < 4.78 is 57.6. The summed E-state index contributed by atoms with van der Waals surface area (Å²) >= 11 is 4.74. The maximum Gasteiger partial charge on any atom is 0.339 e. The fraction of sp³-hybridized carbons (Fsp3) is 1.00. The predicted molar refractivity (Wildman–Crippen MR) is 37.5 cm³/mol. The van der Waals surface area contributed by atoms with Crippen LogP contribution in [0.5, 0.6) is 0 Å². The maximum absolute atomic E-state index is 12.2. The van der Waals surface area contributed by atoms with Gasteiger partial charge in [0.1, 0.15) is 3.74 Å². The van der Waals surface area contributed by atoms with Crippen LogP contribution in [0.2, 0.25) is 0 Å². The summed E-state index contributed by atoms with van der Waals surface area (Å²) in [5.74, 6) is -4.61. The molecule has 0 N–H and O–H groups in total. The zero-order chi connectivity index (χ0) is 9.23. The first-order valence-corrected chi connectivity index (χ1v) is 4.21. The number of hydrogen-bond donors (Lipinski definition) is 0.